The number of esters is 1. The van der Waals surface area contributed by atoms with Crippen molar-refractivity contribution in [2.75, 3.05) is 6.61 Å². The number of carbonyl (C=O) groups excluding carboxylic acids is 1. The first-order chi connectivity index (χ1) is 13.6. The van der Waals surface area contributed by atoms with Gasteiger partial charge < -0.3 is 13.9 Å². The molecule has 0 aliphatic heterocycles. The predicted octanol–water partition coefficient (Wildman–Crippen LogP) is 5.25. The molecule has 0 saturated heterocycles. The Labute approximate surface area is 166 Å². The predicted molar refractivity (Wildman–Crippen MR) is 108 cm³/mol. The number of ether oxygens (including phenoxy) is 2. The summed E-state index contributed by atoms with van der Waals surface area (Å²) in [4.78, 5) is 16.4. The molecular formula is C23H27NO4. The van der Waals surface area contributed by atoms with Gasteiger partial charge in [-0.1, -0.05) is 48.6 Å². The monoisotopic (exact) mass is 381 g/mol. The summed E-state index contributed by atoms with van der Waals surface area (Å²) in [6.45, 7) is 6.37. The fourth-order valence-electron chi connectivity index (χ4n) is 2.67. The lowest BCUT2D eigenvalue weighted by molar-refractivity contribution is -0.143. The van der Waals surface area contributed by atoms with Crippen molar-refractivity contribution in [1.82, 2.24) is 4.98 Å². The number of benzene rings is 1. The van der Waals surface area contributed by atoms with Gasteiger partial charge in [-0.15, -0.1) is 0 Å². The molecule has 0 amide bonds. The first-order valence-electron chi connectivity index (χ1n) is 9.37. The van der Waals surface area contributed by atoms with E-state index in [1.165, 1.54) is 0 Å². The van der Waals surface area contributed by atoms with Gasteiger partial charge in [-0.25, -0.2) is 4.98 Å². The van der Waals surface area contributed by atoms with E-state index in [0.717, 1.165) is 11.1 Å². The minimum Gasteiger partial charge on any atom is -0.497 e. The number of aryl methyl sites for hydroxylation is 1. The van der Waals surface area contributed by atoms with Crippen molar-refractivity contribution in [3.63, 3.8) is 0 Å². The second kappa shape index (κ2) is 11.6. The minimum atomic E-state index is -0.331. The Bertz CT molecular complexity index is 818. The summed E-state index contributed by atoms with van der Waals surface area (Å²) >= 11 is 0. The fraction of sp³-hybridized carbons (Fsp3) is 0.304. The van der Waals surface area contributed by atoms with Crippen molar-refractivity contribution in [2.24, 2.45) is 0 Å². The van der Waals surface area contributed by atoms with Crippen LogP contribution in [0.1, 0.15) is 43.4 Å². The largest absolute Gasteiger partial charge is 0.497 e. The van der Waals surface area contributed by atoms with E-state index < -0.39 is 0 Å². The number of hydrogen-bond acceptors (Lipinski definition) is 5. The van der Waals surface area contributed by atoms with Crippen LogP contribution in [0.2, 0.25) is 0 Å². The number of oxazole rings is 1. The molecule has 0 aliphatic rings. The van der Waals surface area contributed by atoms with E-state index in [1.807, 2.05) is 68.5 Å². The van der Waals surface area contributed by atoms with Crippen LogP contribution in [0.3, 0.4) is 0 Å². The first kappa shape index (κ1) is 21.2. The maximum atomic E-state index is 12.1. The van der Waals surface area contributed by atoms with Crippen LogP contribution in [0.5, 0.6) is 0 Å². The molecule has 0 bridgehead atoms. The number of allylic oxidation sites excluding steroid dienone is 5. The Morgan fingerprint density at radius 2 is 2.07 bits per heavy atom. The van der Waals surface area contributed by atoms with Crippen LogP contribution in [0.25, 0.3) is 0 Å². The zero-order chi connectivity index (χ0) is 20.2. The van der Waals surface area contributed by atoms with Gasteiger partial charge in [-0.2, -0.15) is 0 Å². The highest BCUT2D eigenvalue weighted by molar-refractivity contribution is 5.71. The third kappa shape index (κ3) is 6.91. The maximum absolute atomic E-state index is 12.1. The number of aromatic nitrogens is 1. The minimum absolute atomic E-state index is 0.155. The van der Waals surface area contributed by atoms with Gasteiger partial charge in [0.05, 0.1) is 31.4 Å². The van der Waals surface area contributed by atoms with E-state index in [-0.39, 0.29) is 18.3 Å². The quantitative estimate of drug-likeness (QED) is 0.319. The van der Waals surface area contributed by atoms with Crippen molar-refractivity contribution in [2.45, 2.75) is 39.7 Å². The zero-order valence-corrected chi connectivity index (χ0v) is 16.6. The highest BCUT2D eigenvalue weighted by atomic mass is 16.5. The Hall–Kier alpha value is -3.08. The summed E-state index contributed by atoms with van der Waals surface area (Å²) in [6.07, 6.45) is 11.0. The number of carbonyl (C=O) groups is 1. The lowest BCUT2D eigenvalue weighted by Gasteiger charge is -2.14. The SMILES string of the molecule is C\C=C/C(=C\C=C\OCc1ccccc1)C(CC(=O)OCC)c1ncc(C)o1. The van der Waals surface area contributed by atoms with Gasteiger partial charge in [0.1, 0.15) is 12.4 Å². The topological polar surface area (TPSA) is 61.6 Å². The van der Waals surface area contributed by atoms with Gasteiger partial charge in [0, 0.05) is 0 Å². The van der Waals surface area contributed by atoms with Gasteiger partial charge in [-0.3, -0.25) is 4.79 Å². The Morgan fingerprint density at radius 3 is 2.71 bits per heavy atom. The van der Waals surface area contributed by atoms with E-state index in [4.69, 9.17) is 13.9 Å². The molecule has 2 aromatic rings. The van der Waals surface area contributed by atoms with Crippen LogP contribution in [0, 0.1) is 6.92 Å². The molecule has 1 atom stereocenters. The van der Waals surface area contributed by atoms with Gasteiger partial charge in [-0.05, 0) is 38.0 Å². The van der Waals surface area contributed by atoms with E-state index in [0.29, 0.717) is 24.9 Å². The maximum Gasteiger partial charge on any atom is 0.306 e. The van der Waals surface area contributed by atoms with Gasteiger partial charge in [0.2, 0.25) is 5.89 Å². The van der Waals surface area contributed by atoms with E-state index in [9.17, 15) is 4.79 Å². The summed E-state index contributed by atoms with van der Waals surface area (Å²) in [5, 5.41) is 0. The molecule has 5 heteroatoms. The molecule has 28 heavy (non-hydrogen) atoms. The molecule has 0 spiro atoms. The Morgan fingerprint density at radius 1 is 1.29 bits per heavy atom. The van der Waals surface area contributed by atoms with Crippen molar-refractivity contribution in [3.8, 4) is 0 Å². The molecule has 1 heterocycles. The van der Waals surface area contributed by atoms with Crippen molar-refractivity contribution in [3.05, 3.63) is 89.9 Å². The molecule has 148 valence electrons. The molecule has 1 aromatic heterocycles. The molecule has 1 aromatic carbocycles. The molecule has 0 fully saturated rings. The third-order valence-corrected chi connectivity index (χ3v) is 3.93. The summed E-state index contributed by atoms with van der Waals surface area (Å²) in [5.41, 5.74) is 1.98. The lowest BCUT2D eigenvalue weighted by Crippen LogP contribution is -2.12. The van der Waals surface area contributed by atoms with E-state index in [2.05, 4.69) is 4.98 Å². The van der Waals surface area contributed by atoms with Crippen LogP contribution >= 0.6 is 0 Å². The summed E-state index contributed by atoms with van der Waals surface area (Å²) < 4.78 is 16.4. The molecule has 5 nitrogen and oxygen atoms in total. The number of rotatable bonds is 10. The second-order valence-corrected chi connectivity index (χ2v) is 6.16. The summed E-state index contributed by atoms with van der Waals surface area (Å²) in [6, 6.07) is 9.94. The van der Waals surface area contributed by atoms with Gasteiger partial charge in [0.25, 0.3) is 0 Å². The van der Waals surface area contributed by atoms with Crippen LogP contribution < -0.4 is 0 Å². The lowest BCUT2D eigenvalue weighted by atomic mass is 9.94. The van der Waals surface area contributed by atoms with Gasteiger partial charge >= 0.3 is 5.97 Å². The van der Waals surface area contributed by atoms with Crippen molar-refractivity contribution < 1.29 is 18.7 Å². The second-order valence-electron chi connectivity index (χ2n) is 6.16. The highest BCUT2D eigenvalue weighted by Crippen LogP contribution is 2.29. The molecule has 2 rings (SSSR count). The van der Waals surface area contributed by atoms with E-state index in [1.54, 1.807) is 19.4 Å². The zero-order valence-electron chi connectivity index (χ0n) is 16.6. The van der Waals surface area contributed by atoms with E-state index >= 15 is 0 Å². The smallest absolute Gasteiger partial charge is 0.306 e. The molecule has 1 unspecified atom stereocenters. The summed E-state index contributed by atoms with van der Waals surface area (Å²) in [7, 11) is 0. The molecule has 0 saturated carbocycles. The van der Waals surface area contributed by atoms with Crippen molar-refractivity contribution >= 4 is 5.97 Å². The van der Waals surface area contributed by atoms with Crippen LogP contribution in [0.4, 0.5) is 0 Å². The molecule has 0 radical (unpaired) electrons. The van der Waals surface area contributed by atoms with Crippen molar-refractivity contribution in [1.29, 1.82) is 0 Å². The fourth-order valence-corrected chi connectivity index (χ4v) is 2.67. The molecule has 0 aliphatic carbocycles. The number of nitrogens with zero attached hydrogens (tertiary/aromatic N) is 1. The molecular weight excluding hydrogens is 354 g/mol. The number of hydrogen-bond donors (Lipinski definition) is 0. The standard InChI is InChI=1S/C23H27NO4/c1-4-10-20(13-9-14-26-17-19-11-7-6-8-12-19)21(15-22(25)27-5-2)23-24-16-18(3)28-23/h4,6-14,16,21H,5,15,17H2,1-3H3/b10-4-,14-9+,20-13+. The van der Waals surface area contributed by atoms with Gasteiger partial charge in [0.15, 0.2) is 0 Å². The Balaban J connectivity index is 2.13. The highest BCUT2D eigenvalue weighted by Gasteiger charge is 2.24. The Kier molecular flexibility index (Phi) is 8.79. The van der Waals surface area contributed by atoms with Crippen LogP contribution in [0.15, 0.2) is 77.1 Å². The van der Waals surface area contributed by atoms with Crippen LogP contribution in [-0.2, 0) is 20.9 Å². The molecule has 0 N–H and O–H groups in total. The third-order valence-electron chi connectivity index (χ3n) is 3.93. The van der Waals surface area contributed by atoms with Crippen LogP contribution in [-0.4, -0.2) is 17.6 Å². The first-order valence-corrected chi connectivity index (χ1v) is 9.37. The average molecular weight is 381 g/mol. The average Bonchev–Trinajstić information content (AvgIpc) is 3.12. The normalized spacial score (nSPS) is 13.2. The summed E-state index contributed by atoms with van der Waals surface area (Å²) in [5.74, 6) is 0.574.